The minimum Gasteiger partial charge on any atom is -0.363 e. The summed E-state index contributed by atoms with van der Waals surface area (Å²) in [6.07, 6.45) is 7.74. The first kappa shape index (κ1) is 13.4. The molecular weight excluding hydrogens is 222 g/mol. The van der Waals surface area contributed by atoms with E-state index in [2.05, 4.69) is 24.5 Å². The third kappa shape index (κ3) is 1.92. The molecule has 0 aromatic rings. The molecule has 2 heteroatoms. The van der Waals surface area contributed by atoms with E-state index in [0.717, 1.165) is 18.7 Å². The molecule has 100 valence electrons. The van der Waals surface area contributed by atoms with Crippen LogP contribution in [0.25, 0.3) is 0 Å². The standard InChI is InChI=1S/C16H25NO/c1-6-12-11-13(14(18)15(2,3)4)17-10-8-7-9-16(12,17)5/h6,11-12H,1,7-10H2,2-5H3. The lowest BCUT2D eigenvalue weighted by atomic mass is 9.80. The Morgan fingerprint density at radius 2 is 2.17 bits per heavy atom. The number of ketones is 1. The molecule has 2 rings (SSSR count). The van der Waals surface area contributed by atoms with Gasteiger partial charge in [-0.25, -0.2) is 0 Å². The number of hydrogen-bond acceptors (Lipinski definition) is 2. The Morgan fingerprint density at radius 1 is 1.50 bits per heavy atom. The summed E-state index contributed by atoms with van der Waals surface area (Å²) in [5, 5.41) is 0. The summed E-state index contributed by atoms with van der Waals surface area (Å²) in [6.45, 7) is 13.2. The molecule has 1 saturated heterocycles. The fourth-order valence-corrected chi connectivity index (χ4v) is 3.23. The van der Waals surface area contributed by atoms with E-state index in [4.69, 9.17) is 0 Å². The summed E-state index contributed by atoms with van der Waals surface area (Å²) in [5.74, 6) is 0.569. The fraction of sp³-hybridized carbons (Fsp3) is 0.688. The molecule has 2 heterocycles. The summed E-state index contributed by atoms with van der Waals surface area (Å²) in [7, 11) is 0. The lowest BCUT2D eigenvalue weighted by molar-refractivity contribution is -0.124. The van der Waals surface area contributed by atoms with Crippen molar-refractivity contribution in [2.75, 3.05) is 6.54 Å². The van der Waals surface area contributed by atoms with Crippen LogP contribution in [0.15, 0.2) is 24.4 Å². The Balaban J connectivity index is 2.37. The molecule has 1 fully saturated rings. The van der Waals surface area contributed by atoms with Crippen molar-refractivity contribution in [2.24, 2.45) is 11.3 Å². The molecule has 0 N–H and O–H groups in total. The van der Waals surface area contributed by atoms with Crippen molar-refractivity contribution in [1.29, 1.82) is 0 Å². The maximum absolute atomic E-state index is 12.6. The number of carbonyl (C=O) groups excluding carboxylic acids is 1. The smallest absolute Gasteiger partial charge is 0.183 e. The van der Waals surface area contributed by atoms with Crippen LogP contribution in [-0.4, -0.2) is 22.8 Å². The minimum absolute atomic E-state index is 0.0796. The van der Waals surface area contributed by atoms with E-state index in [-0.39, 0.29) is 16.7 Å². The molecule has 2 aliphatic heterocycles. The Morgan fingerprint density at radius 3 is 2.72 bits per heavy atom. The van der Waals surface area contributed by atoms with E-state index >= 15 is 0 Å². The number of fused-ring (bicyclic) bond motifs is 1. The van der Waals surface area contributed by atoms with E-state index in [1.54, 1.807) is 0 Å². The van der Waals surface area contributed by atoms with E-state index in [0.29, 0.717) is 5.92 Å². The molecule has 18 heavy (non-hydrogen) atoms. The average Bonchev–Trinajstić information content (AvgIpc) is 2.59. The van der Waals surface area contributed by atoms with E-state index in [1.807, 2.05) is 26.8 Å². The van der Waals surface area contributed by atoms with Gasteiger partial charge >= 0.3 is 0 Å². The molecule has 2 nitrogen and oxygen atoms in total. The number of hydrogen-bond donors (Lipinski definition) is 0. The summed E-state index contributed by atoms with van der Waals surface area (Å²) in [4.78, 5) is 14.9. The maximum Gasteiger partial charge on any atom is 0.183 e. The molecule has 0 bridgehead atoms. The van der Waals surface area contributed by atoms with Crippen LogP contribution in [0.3, 0.4) is 0 Å². The van der Waals surface area contributed by atoms with E-state index in [9.17, 15) is 4.79 Å². The van der Waals surface area contributed by atoms with Crippen molar-refractivity contribution in [1.82, 2.24) is 4.90 Å². The number of Topliss-reactive ketones (excluding diaryl/α,β-unsaturated/α-hetero) is 1. The van der Waals surface area contributed by atoms with Crippen LogP contribution in [0.2, 0.25) is 0 Å². The molecular formula is C16H25NO. The maximum atomic E-state index is 12.6. The Labute approximate surface area is 111 Å². The Bertz CT molecular complexity index is 402. The first-order valence-corrected chi connectivity index (χ1v) is 6.97. The molecule has 0 aromatic carbocycles. The van der Waals surface area contributed by atoms with Crippen LogP contribution in [0.4, 0.5) is 0 Å². The second-order valence-corrected chi connectivity index (χ2v) is 6.86. The molecule has 2 unspecified atom stereocenters. The highest BCUT2D eigenvalue weighted by molar-refractivity contribution is 5.99. The van der Waals surface area contributed by atoms with Gasteiger partial charge in [-0.3, -0.25) is 4.79 Å². The molecule has 2 aliphatic rings. The van der Waals surface area contributed by atoms with Crippen LogP contribution in [0.1, 0.15) is 47.0 Å². The van der Waals surface area contributed by atoms with Crippen molar-refractivity contribution in [3.63, 3.8) is 0 Å². The summed E-state index contributed by atoms with van der Waals surface area (Å²) < 4.78 is 0. The monoisotopic (exact) mass is 247 g/mol. The van der Waals surface area contributed by atoms with Gasteiger partial charge in [-0.15, -0.1) is 6.58 Å². The van der Waals surface area contributed by atoms with Crippen molar-refractivity contribution < 1.29 is 4.79 Å². The van der Waals surface area contributed by atoms with Crippen molar-refractivity contribution >= 4 is 5.78 Å². The topological polar surface area (TPSA) is 20.3 Å². The lowest BCUT2D eigenvalue weighted by Crippen LogP contribution is -2.50. The lowest BCUT2D eigenvalue weighted by Gasteiger charge is -2.45. The van der Waals surface area contributed by atoms with Crippen LogP contribution >= 0.6 is 0 Å². The third-order valence-electron chi connectivity index (χ3n) is 4.45. The Hall–Kier alpha value is -1.05. The zero-order chi connectivity index (χ0) is 13.6. The molecule has 0 saturated carbocycles. The third-order valence-corrected chi connectivity index (χ3v) is 4.45. The van der Waals surface area contributed by atoms with Gasteiger partial charge in [-0.2, -0.15) is 0 Å². The van der Waals surface area contributed by atoms with Gasteiger partial charge in [0.25, 0.3) is 0 Å². The SMILES string of the molecule is C=CC1C=C(C(=O)C(C)(C)C)N2CCCCC12C. The quantitative estimate of drug-likeness (QED) is 0.696. The molecule has 0 aromatic heterocycles. The number of rotatable bonds is 2. The van der Waals surface area contributed by atoms with Crippen molar-refractivity contribution in [3.8, 4) is 0 Å². The number of carbonyl (C=O) groups is 1. The summed E-state index contributed by atoms with van der Waals surface area (Å²) in [6, 6.07) is 0. The average molecular weight is 247 g/mol. The van der Waals surface area contributed by atoms with Crippen molar-refractivity contribution in [2.45, 2.75) is 52.5 Å². The predicted molar refractivity (Wildman–Crippen MR) is 75.2 cm³/mol. The highest BCUT2D eigenvalue weighted by atomic mass is 16.1. The second-order valence-electron chi connectivity index (χ2n) is 6.86. The highest BCUT2D eigenvalue weighted by Gasteiger charge is 2.47. The number of allylic oxidation sites excluding steroid dienone is 1. The van der Waals surface area contributed by atoms with E-state index < -0.39 is 0 Å². The number of piperidine rings is 1. The minimum atomic E-state index is -0.305. The van der Waals surface area contributed by atoms with Crippen LogP contribution in [-0.2, 0) is 4.79 Å². The summed E-state index contributed by atoms with van der Waals surface area (Å²) >= 11 is 0. The predicted octanol–water partition coefficient (Wildman–Crippen LogP) is 3.55. The number of nitrogens with zero attached hydrogens (tertiary/aromatic N) is 1. The van der Waals surface area contributed by atoms with Gasteiger partial charge < -0.3 is 4.90 Å². The highest BCUT2D eigenvalue weighted by Crippen LogP contribution is 2.45. The van der Waals surface area contributed by atoms with Crippen LogP contribution < -0.4 is 0 Å². The molecule has 0 aliphatic carbocycles. The zero-order valence-electron chi connectivity index (χ0n) is 12.1. The van der Waals surface area contributed by atoms with Gasteiger partial charge in [0.2, 0.25) is 0 Å². The molecule has 0 amide bonds. The van der Waals surface area contributed by atoms with Gasteiger partial charge in [0.1, 0.15) is 0 Å². The van der Waals surface area contributed by atoms with Crippen LogP contribution in [0.5, 0.6) is 0 Å². The zero-order valence-corrected chi connectivity index (χ0v) is 12.1. The van der Waals surface area contributed by atoms with E-state index in [1.165, 1.54) is 12.8 Å². The molecule has 0 spiro atoms. The largest absolute Gasteiger partial charge is 0.363 e. The first-order valence-electron chi connectivity index (χ1n) is 6.97. The fourth-order valence-electron chi connectivity index (χ4n) is 3.23. The second kappa shape index (κ2) is 4.25. The van der Waals surface area contributed by atoms with Gasteiger partial charge in [0.05, 0.1) is 5.70 Å². The normalized spacial score (nSPS) is 31.9. The first-order chi connectivity index (χ1) is 8.30. The van der Waals surface area contributed by atoms with Gasteiger partial charge in [0, 0.05) is 23.4 Å². The Kier molecular flexibility index (Phi) is 3.16. The van der Waals surface area contributed by atoms with Gasteiger partial charge in [-0.05, 0) is 32.3 Å². The summed E-state index contributed by atoms with van der Waals surface area (Å²) in [5.41, 5.74) is 0.700. The molecule has 0 radical (unpaired) electrons. The van der Waals surface area contributed by atoms with Gasteiger partial charge in [-0.1, -0.05) is 26.8 Å². The molecule has 2 atom stereocenters. The van der Waals surface area contributed by atoms with Gasteiger partial charge in [0.15, 0.2) is 5.78 Å². The van der Waals surface area contributed by atoms with Crippen molar-refractivity contribution in [3.05, 3.63) is 24.4 Å². The van der Waals surface area contributed by atoms with Crippen LogP contribution in [0, 0.1) is 11.3 Å².